The number of aryl methyl sites for hydroxylation is 1. The van der Waals surface area contributed by atoms with Crippen molar-refractivity contribution in [3.8, 4) is 0 Å². The van der Waals surface area contributed by atoms with Crippen LogP contribution in [-0.4, -0.2) is 37.1 Å². The fourth-order valence-electron chi connectivity index (χ4n) is 3.49. The molecule has 1 aliphatic carbocycles. The first-order chi connectivity index (χ1) is 11.8. The Morgan fingerprint density at radius 3 is 2.75 bits per heavy atom. The van der Waals surface area contributed by atoms with Gasteiger partial charge in [0.1, 0.15) is 5.00 Å². The molecular weight excluding hydrogens is 320 g/mol. The Kier molecular flexibility index (Phi) is 4.65. The van der Waals surface area contributed by atoms with Crippen LogP contribution in [0.1, 0.15) is 32.8 Å². The summed E-state index contributed by atoms with van der Waals surface area (Å²) in [5, 5.41) is 4.21. The van der Waals surface area contributed by atoms with Gasteiger partial charge in [0, 0.05) is 35.6 Å². The van der Waals surface area contributed by atoms with E-state index in [1.54, 1.807) is 11.3 Å². The Bertz CT molecular complexity index is 720. The van der Waals surface area contributed by atoms with Gasteiger partial charge in [-0.2, -0.15) is 0 Å². The summed E-state index contributed by atoms with van der Waals surface area (Å²) in [6, 6.07) is 9.45. The molecular formula is C19H22N2O2S. The molecule has 5 heteroatoms. The van der Waals surface area contributed by atoms with Crippen LogP contribution in [0.25, 0.3) is 0 Å². The molecule has 24 heavy (non-hydrogen) atoms. The van der Waals surface area contributed by atoms with Crippen molar-refractivity contribution in [3.05, 3.63) is 51.9 Å². The number of fused-ring (bicyclic) bond motifs is 1. The van der Waals surface area contributed by atoms with Gasteiger partial charge in [0.25, 0.3) is 5.91 Å². The van der Waals surface area contributed by atoms with Crippen LogP contribution in [0.2, 0.25) is 0 Å². The third kappa shape index (κ3) is 3.24. The Labute approximate surface area is 146 Å². The summed E-state index contributed by atoms with van der Waals surface area (Å²) >= 11 is 1.77. The smallest absolute Gasteiger partial charge is 0.256 e. The van der Waals surface area contributed by atoms with E-state index in [0.29, 0.717) is 5.56 Å². The maximum atomic E-state index is 12.5. The highest BCUT2D eigenvalue weighted by Crippen LogP contribution is 2.40. The second-order valence-corrected chi connectivity index (χ2v) is 7.48. The van der Waals surface area contributed by atoms with E-state index in [1.165, 1.54) is 22.4 Å². The number of benzene rings is 1. The zero-order chi connectivity index (χ0) is 16.4. The average Bonchev–Trinajstić information content (AvgIpc) is 3.20. The standard InChI is InChI=1S/C19H22N2O2S/c22-18(14-5-2-1-3-6-14)20-19-16(13-21-9-11-23-12-10-21)15-7-4-8-17(15)24-19/h1-3,5-6H,4,7-13H2,(H,20,22). The molecule has 1 saturated heterocycles. The average molecular weight is 342 g/mol. The molecule has 2 aliphatic rings. The first-order valence-electron chi connectivity index (χ1n) is 8.61. The van der Waals surface area contributed by atoms with Crippen LogP contribution in [-0.2, 0) is 24.1 Å². The van der Waals surface area contributed by atoms with E-state index < -0.39 is 0 Å². The number of ether oxygens (including phenoxy) is 1. The highest BCUT2D eigenvalue weighted by Gasteiger charge is 2.25. The molecule has 1 aliphatic heterocycles. The van der Waals surface area contributed by atoms with Crippen LogP contribution in [0.4, 0.5) is 5.00 Å². The summed E-state index contributed by atoms with van der Waals surface area (Å²) in [5.74, 6) is -0.0150. The summed E-state index contributed by atoms with van der Waals surface area (Å²) < 4.78 is 5.46. The van der Waals surface area contributed by atoms with Gasteiger partial charge in [0.2, 0.25) is 0 Å². The molecule has 1 aromatic carbocycles. The summed E-state index contributed by atoms with van der Waals surface area (Å²) in [5.41, 5.74) is 3.52. The molecule has 1 amide bonds. The Hall–Kier alpha value is -1.69. The van der Waals surface area contributed by atoms with E-state index in [1.807, 2.05) is 30.3 Å². The molecule has 2 heterocycles. The van der Waals surface area contributed by atoms with Gasteiger partial charge in [-0.3, -0.25) is 9.69 Å². The Morgan fingerprint density at radius 1 is 1.17 bits per heavy atom. The second kappa shape index (κ2) is 7.05. The number of hydrogen-bond donors (Lipinski definition) is 1. The number of nitrogens with one attached hydrogen (secondary N) is 1. The monoisotopic (exact) mass is 342 g/mol. The van der Waals surface area contributed by atoms with Crippen LogP contribution in [0.15, 0.2) is 30.3 Å². The molecule has 126 valence electrons. The summed E-state index contributed by atoms with van der Waals surface area (Å²) in [6.45, 7) is 4.46. The van der Waals surface area contributed by atoms with Gasteiger partial charge in [-0.1, -0.05) is 18.2 Å². The quantitative estimate of drug-likeness (QED) is 0.927. The van der Waals surface area contributed by atoms with Gasteiger partial charge in [0.05, 0.1) is 13.2 Å². The number of nitrogens with zero attached hydrogens (tertiary/aromatic N) is 1. The highest BCUT2D eigenvalue weighted by molar-refractivity contribution is 7.16. The molecule has 0 spiro atoms. The minimum Gasteiger partial charge on any atom is -0.379 e. The largest absolute Gasteiger partial charge is 0.379 e. The van der Waals surface area contributed by atoms with Crippen molar-refractivity contribution in [3.63, 3.8) is 0 Å². The molecule has 4 rings (SSSR count). The minimum absolute atomic E-state index is 0.0150. The van der Waals surface area contributed by atoms with E-state index in [4.69, 9.17) is 4.74 Å². The van der Waals surface area contributed by atoms with E-state index in [2.05, 4.69) is 10.2 Å². The van der Waals surface area contributed by atoms with Gasteiger partial charge in [0.15, 0.2) is 0 Å². The zero-order valence-electron chi connectivity index (χ0n) is 13.7. The predicted molar refractivity (Wildman–Crippen MR) is 96.8 cm³/mol. The number of amides is 1. The third-order valence-electron chi connectivity index (χ3n) is 4.78. The molecule has 1 N–H and O–H groups in total. The van der Waals surface area contributed by atoms with Gasteiger partial charge in [-0.25, -0.2) is 0 Å². The van der Waals surface area contributed by atoms with Crippen molar-refractivity contribution in [1.82, 2.24) is 4.90 Å². The molecule has 0 radical (unpaired) electrons. The van der Waals surface area contributed by atoms with Crippen LogP contribution < -0.4 is 5.32 Å². The fourth-order valence-corrected chi connectivity index (χ4v) is 4.78. The molecule has 0 bridgehead atoms. The fraction of sp³-hybridized carbons (Fsp3) is 0.421. The zero-order valence-corrected chi connectivity index (χ0v) is 14.5. The number of rotatable bonds is 4. The number of morpholine rings is 1. The van der Waals surface area contributed by atoms with E-state index in [-0.39, 0.29) is 5.91 Å². The Morgan fingerprint density at radius 2 is 1.96 bits per heavy atom. The molecule has 2 aromatic rings. The van der Waals surface area contributed by atoms with Crippen molar-refractivity contribution in [2.24, 2.45) is 0 Å². The summed E-state index contributed by atoms with van der Waals surface area (Å²) in [6.07, 6.45) is 3.54. The van der Waals surface area contributed by atoms with Crippen LogP contribution in [0.3, 0.4) is 0 Å². The molecule has 1 fully saturated rings. The molecule has 4 nitrogen and oxygen atoms in total. The van der Waals surface area contributed by atoms with E-state index in [9.17, 15) is 4.79 Å². The van der Waals surface area contributed by atoms with Crippen molar-refractivity contribution < 1.29 is 9.53 Å². The van der Waals surface area contributed by atoms with Crippen LogP contribution in [0, 0.1) is 0 Å². The topological polar surface area (TPSA) is 41.6 Å². The maximum absolute atomic E-state index is 12.5. The number of carbonyl (C=O) groups excluding carboxylic acids is 1. The lowest BCUT2D eigenvalue weighted by atomic mass is 10.1. The minimum atomic E-state index is -0.0150. The number of anilines is 1. The molecule has 0 unspecified atom stereocenters. The van der Waals surface area contributed by atoms with E-state index >= 15 is 0 Å². The summed E-state index contributed by atoms with van der Waals surface area (Å²) in [4.78, 5) is 16.4. The lowest BCUT2D eigenvalue weighted by Gasteiger charge is -2.27. The van der Waals surface area contributed by atoms with Gasteiger partial charge < -0.3 is 10.1 Å². The van der Waals surface area contributed by atoms with Crippen molar-refractivity contribution in [2.75, 3.05) is 31.6 Å². The van der Waals surface area contributed by atoms with Crippen LogP contribution in [0.5, 0.6) is 0 Å². The van der Waals surface area contributed by atoms with Crippen molar-refractivity contribution >= 4 is 22.2 Å². The maximum Gasteiger partial charge on any atom is 0.256 e. The first-order valence-corrected chi connectivity index (χ1v) is 9.43. The van der Waals surface area contributed by atoms with Crippen molar-refractivity contribution in [1.29, 1.82) is 0 Å². The number of thiophene rings is 1. The Balaban J connectivity index is 1.57. The second-order valence-electron chi connectivity index (χ2n) is 6.37. The van der Waals surface area contributed by atoms with Gasteiger partial charge >= 0.3 is 0 Å². The molecule has 0 atom stereocenters. The van der Waals surface area contributed by atoms with Crippen LogP contribution >= 0.6 is 11.3 Å². The number of carbonyl (C=O) groups is 1. The van der Waals surface area contributed by atoms with Crippen molar-refractivity contribution in [2.45, 2.75) is 25.8 Å². The summed E-state index contributed by atoms with van der Waals surface area (Å²) in [7, 11) is 0. The number of hydrogen-bond acceptors (Lipinski definition) is 4. The highest BCUT2D eigenvalue weighted by atomic mass is 32.1. The third-order valence-corrected chi connectivity index (χ3v) is 6.03. The molecule has 0 saturated carbocycles. The van der Waals surface area contributed by atoms with Gasteiger partial charge in [-0.05, 0) is 37.0 Å². The first kappa shape index (κ1) is 15.8. The van der Waals surface area contributed by atoms with Gasteiger partial charge in [-0.15, -0.1) is 11.3 Å². The SMILES string of the molecule is O=C(Nc1sc2c(c1CN1CCOCC1)CCC2)c1ccccc1. The predicted octanol–water partition coefficient (Wildman–Crippen LogP) is 3.32. The lowest BCUT2D eigenvalue weighted by Crippen LogP contribution is -2.36. The van der Waals surface area contributed by atoms with E-state index in [0.717, 1.165) is 50.7 Å². The normalized spacial score (nSPS) is 17.7. The lowest BCUT2D eigenvalue weighted by molar-refractivity contribution is 0.0342. The molecule has 1 aromatic heterocycles.